The molecule has 5 nitrogen and oxygen atoms in total. The lowest BCUT2D eigenvalue weighted by Gasteiger charge is -2.13. The van der Waals surface area contributed by atoms with Crippen LogP contribution < -0.4 is 5.32 Å². The minimum absolute atomic E-state index is 0.197. The molecule has 1 aromatic rings. The smallest absolute Gasteiger partial charge is 0.263 e. The molecule has 0 amide bonds. The zero-order valence-electron chi connectivity index (χ0n) is 9.67. The maximum absolute atomic E-state index is 10.3. The Labute approximate surface area is 114 Å². The number of nitrogens with zero attached hydrogens (tertiary/aromatic N) is 1. The maximum atomic E-state index is 10.3. The number of halogens is 1. The van der Waals surface area contributed by atoms with Crippen molar-refractivity contribution in [2.24, 2.45) is 0 Å². The average molecular weight is 289 g/mol. The predicted octanol–water partition coefficient (Wildman–Crippen LogP) is 2.40. The topological polar surface area (TPSA) is 75.4 Å². The van der Waals surface area contributed by atoms with Gasteiger partial charge >= 0.3 is 0 Å². The second-order valence-corrected chi connectivity index (χ2v) is 4.72. The van der Waals surface area contributed by atoms with E-state index in [-0.39, 0.29) is 6.54 Å². The SMILES string of the molecule is CSC(=C[N+](=O)[O-])NCC(O)c1ccc(Cl)cc1. The number of benzene rings is 1. The predicted molar refractivity (Wildman–Crippen MR) is 73.0 cm³/mol. The quantitative estimate of drug-likeness (QED) is 0.621. The van der Waals surface area contributed by atoms with Crippen LogP contribution in [0.5, 0.6) is 0 Å². The Morgan fingerprint density at radius 1 is 1.61 bits per heavy atom. The Morgan fingerprint density at radius 2 is 2.22 bits per heavy atom. The minimum Gasteiger partial charge on any atom is -0.387 e. The standard InChI is InChI=1S/C11H13ClN2O3S/c1-18-11(7-14(16)17)13-6-10(15)8-2-4-9(12)5-3-8/h2-5,7,10,13,15H,6H2,1H3. The first-order valence-corrected chi connectivity index (χ1v) is 6.70. The van der Waals surface area contributed by atoms with Gasteiger partial charge in [-0.05, 0) is 24.0 Å². The van der Waals surface area contributed by atoms with Crippen molar-refractivity contribution in [3.63, 3.8) is 0 Å². The molecule has 0 aliphatic heterocycles. The molecule has 0 spiro atoms. The zero-order chi connectivity index (χ0) is 13.5. The number of hydrogen-bond donors (Lipinski definition) is 2. The highest BCUT2D eigenvalue weighted by Crippen LogP contribution is 2.17. The summed E-state index contributed by atoms with van der Waals surface area (Å²) < 4.78 is 0. The van der Waals surface area contributed by atoms with Gasteiger partial charge in [-0.25, -0.2) is 0 Å². The van der Waals surface area contributed by atoms with E-state index in [1.54, 1.807) is 30.5 Å². The van der Waals surface area contributed by atoms with Crippen LogP contribution in [0.25, 0.3) is 0 Å². The third-order valence-corrected chi connectivity index (χ3v) is 3.11. The molecule has 1 rings (SSSR count). The van der Waals surface area contributed by atoms with Crippen molar-refractivity contribution in [3.05, 3.63) is 56.2 Å². The van der Waals surface area contributed by atoms with Gasteiger partial charge in [-0.2, -0.15) is 0 Å². The summed E-state index contributed by atoms with van der Waals surface area (Å²) in [6, 6.07) is 6.79. The molecular formula is C11H13ClN2O3S. The lowest BCUT2D eigenvalue weighted by atomic mass is 10.1. The molecule has 0 aliphatic rings. The van der Waals surface area contributed by atoms with Crippen molar-refractivity contribution in [2.45, 2.75) is 6.10 Å². The summed E-state index contributed by atoms with van der Waals surface area (Å²) >= 11 is 6.95. The molecule has 1 unspecified atom stereocenters. The van der Waals surface area contributed by atoms with E-state index < -0.39 is 11.0 Å². The molecule has 0 saturated carbocycles. The third-order valence-electron chi connectivity index (χ3n) is 2.17. The van der Waals surface area contributed by atoms with Crippen LogP contribution in [0.15, 0.2) is 35.5 Å². The van der Waals surface area contributed by atoms with E-state index in [9.17, 15) is 15.2 Å². The number of rotatable bonds is 6. The second-order valence-electron chi connectivity index (χ2n) is 3.43. The van der Waals surface area contributed by atoms with Crippen molar-refractivity contribution in [3.8, 4) is 0 Å². The number of aliphatic hydroxyl groups excluding tert-OH is 1. The molecule has 0 bridgehead atoms. The van der Waals surface area contributed by atoms with E-state index in [1.165, 1.54) is 11.8 Å². The normalized spacial score (nSPS) is 13.2. The number of nitrogens with one attached hydrogen (secondary N) is 1. The number of aliphatic hydroxyl groups is 1. The van der Waals surface area contributed by atoms with E-state index >= 15 is 0 Å². The molecule has 0 aliphatic carbocycles. The second kappa shape index (κ2) is 7.25. The first-order valence-electron chi connectivity index (χ1n) is 5.09. The summed E-state index contributed by atoms with van der Waals surface area (Å²) in [5.74, 6) is 0. The molecular weight excluding hydrogens is 276 g/mol. The molecule has 18 heavy (non-hydrogen) atoms. The molecule has 1 aromatic carbocycles. The third kappa shape index (κ3) is 4.95. The Hall–Kier alpha value is -1.24. The number of thioether (sulfide) groups is 1. The monoisotopic (exact) mass is 288 g/mol. The highest BCUT2D eigenvalue weighted by atomic mass is 35.5. The van der Waals surface area contributed by atoms with Crippen LogP contribution >= 0.6 is 23.4 Å². The van der Waals surface area contributed by atoms with Gasteiger partial charge in [-0.1, -0.05) is 23.7 Å². The molecule has 0 heterocycles. The van der Waals surface area contributed by atoms with Gasteiger partial charge in [-0.3, -0.25) is 10.1 Å². The first kappa shape index (κ1) is 14.8. The van der Waals surface area contributed by atoms with Gasteiger partial charge in [0.25, 0.3) is 6.20 Å². The minimum atomic E-state index is -0.746. The molecule has 0 fully saturated rings. The fourth-order valence-electron chi connectivity index (χ4n) is 1.27. The Kier molecular flexibility index (Phi) is 5.97. The van der Waals surface area contributed by atoms with E-state index in [2.05, 4.69) is 5.32 Å². The molecule has 1 atom stereocenters. The van der Waals surface area contributed by atoms with Crippen LogP contribution in [-0.4, -0.2) is 22.8 Å². The summed E-state index contributed by atoms with van der Waals surface area (Å²) in [6.07, 6.45) is 1.85. The van der Waals surface area contributed by atoms with Crippen molar-refractivity contribution < 1.29 is 10.0 Å². The van der Waals surface area contributed by atoms with Gasteiger partial charge in [-0.15, -0.1) is 11.8 Å². The van der Waals surface area contributed by atoms with Gasteiger partial charge in [0.05, 0.1) is 11.0 Å². The molecule has 0 radical (unpaired) electrons. The van der Waals surface area contributed by atoms with Crippen molar-refractivity contribution in [1.29, 1.82) is 0 Å². The van der Waals surface area contributed by atoms with Crippen LogP contribution in [0.2, 0.25) is 5.02 Å². The summed E-state index contributed by atoms with van der Waals surface area (Å²) in [4.78, 5) is 9.79. The Balaban J connectivity index is 2.57. The summed E-state index contributed by atoms with van der Waals surface area (Å²) in [5.41, 5.74) is 0.702. The van der Waals surface area contributed by atoms with Gasteiger partial charge < -0.3 is 10.4 Å². The van der Waals surface area contributed by atoms with E-state index in [1.807, 2.05) is 0 Å². The van der Waals surface area contributed by atoms with Crippen LogP contribution in [0.1, 0.15) is 11.7 Å². The van der Waals surface area contributed by atoms with Gasteiger partial charge in [0, 0.05) is 11.6 Å². The largest absolute Gasteiger partial charge is 0.387 e. The molecule has 7 heteroatoms. The van der Waals surface area contributed by atoms with E-state index in [4.69, 9.17) is 11.6 Å². The lowest BCUT2D eigenvalue weighted by Crippen LogP contribution is -2.20. The molecule has 0 saturated heterocycles. The lowest BCUT2D eigenvalue weighted by molar-refractivity contribution is -0.403. The van der Waals surface area contributed by atoms with Crippen LogP contribution in [0.4, 0.5) is 0 Å². The number of hydrogen-bond acceptors (Lipinski definition) is 5. The fraction of sp³-hybridized carbons (Fsp3) is 0.273. The molecule has 2 N–H and O–H groups in total. The van der Waals surface area contributed by atoms with Gasteiger partial charge in [0.15, 0.2) is 0 Å². The van der Waals surface area contributed by atoms with Crippen molar-refractivity contribution in [2.75, 3.05) is 12.8 Å². The van der Waals surface area contributed by atoms with Gasteiger partial charge in [0.2, 0.25) is 0 Å². The summed E-state index contributed by atoms with van der Waals surface area (Å²) in [5, 5.41) is 24.0. The van der Waals surface area contributed by atoms with Crippen LogP contribution in [0, 0.1) is 10.1 Å². The fourth-order valence-corrected chi connectivity index (χ4v) is 1.81. The highest BCUT2D eigenvalue weighted by molar-refractivity contribution is 8.02. The first-order chi connectivity index (χ1) is 8.52. The van der Waals surface area contributed by atoms with Gasteiger partial charge in [0.1, 0.15) is 5.03 Å². The summed E-state index contributed by atoms with van der Waals surface area (Å²) in [7, 11) is 0. The highest BCUT2D eigenvalue weighted by Gasteiger charge is 2.09. The molecule has 98 valence electrons. The zero-order valence-corrected chi connectivity index (χ0v) is 11.2. The average Bonchev–Trinajstić information content (AvgIpc) is 2.34. The summed E-state index contributed by atoms with van der Waals surface area (Å²) in [6.45, 7) is 0.197. The van der Waals surface area contributed by atoms with Crippen molar-refractivity contribution >= 4 is 23.4 Å². The van der Waals surface area contributed by atoms with Crippen LogP contribution in [0.3, 0.4) is 0 Å². The Morgan fingerprint density at radius 3 is 2.72 bits per heavy atom. The van der Waals surface area contributed by atoms with E-state index in [0.717, 1.165) is 6.20 Å². The number of nitro groups is 1. The Bertz CT molecular complexity index is 436. The molecule has 0 aromatic heterocycles. The maximum Gasteiger partial charge on any atom is 0.263 e. The van der Waals surface area contributed by atoms with Crippen molar-refractivity contribution in [1.82, 2.24) is 5.32 Å². The van der Waals surface area contributed by atoms with Crippen LogP contribution in [-0.2, 0) is 0 Å². The van der Waals surface area contributed by atoms with E-state index in [0.29, 0.717) is 15.6 Å².